The second-order valence-corrected chi connectivity index (χ2v) is 4.12. The van der Waals surface area contributed by atoms with Gasteiger partial charge in [0.2, 0.25) is 0 Å². The van der Waals surface area contributed by atoms with Crippen molar-refractivity contribution < 1.29 is 27.9 Å². The van der Waals surface area contributed by atoms with Crippen molar-refractivity contribution >= 4 is 23.2 Å². The van der Waals surface area contributed by atoms with Crippen molar-refractivity contribution in [2.45, 2.75) is 18.6 Å². The van der Waals surface area contributed by atoms with Crippen molar-refractivity contribution in [3.05, 3.63) is 22.4 Å². The van der Waals surface area contributed by atoms with Crippen LogP contribution in [0.5, 0.6) is 0 Å². The number of carboxylic acid groups (broad SMARTS) is 1. The fourth-order valence-corrected chi connectivity index (χ4v) is 1.90. The average Bonchev–Trinajstić information content (AvgIpc) is 2.66. The maximum absolute atomic E-state index is 12.0. The molecule has 0 aromatic carbocycles. The molecule has 0 saturated heterocycles. The minimum absolute atomic E-state index is 0.366. The van der Waals surface area contributed by atoms with E-state index in [0.717, 1.165) is 11.3 Å². The molecule has 0 bridgehead atoms. The second-order valence-electron chi connectivity index (χ2n) is 3.14. The molecule has 0 unspecified atom stereocenters. The van der Waals surface area contributed by atoms with Gasteiger partial charge in [-0.05, 0) is 11.4 Å². The Kier molecular flexibility index (Phi) is 4.11. The van der Waals surface area contributed by atoms with Crippen molar-refractivity contribution in [2.75, 3.05) is 0 Å². The van der Waals surface area contributed by atoms with E-state index in [1.807, 2.05) is 0 Å². The van der Waals surface area contributed by atoms with Gasteiger partial charge in [0, 0.05) is 4.88 Å². The van der Waals surface area contributed by atoms with Gasteiger partial charge in [0.05, 0.1) is 12.5 Å². The van der Waals surface area contributed by atoms with Crippen LogP contribution < -0.4 is 5.32 Å². The fraction of sp³-hybridized carbons (Fsp3) is 0.333. The Morgan fingerprint density at radius 3 is 2.53 bits per heavy atom. The van der Waals surface area contributed by atoms with Crippen molar-refractivity contribution in [3.8, 4) is 0 Å². The van der Waals surface area contributed by atoms with Gasteiger partial charge in [-0.15, -0.1) is 11.3 Å². The number of alkyl halides is 3. The van der Waals surface area contributed by atoms with E-state index in [4.69, 9.17) is 5.11 Å². The number of aliphatic carboxylic acids is 1. The zero-order valence-corrected chi connectivity index (χ0v) is 9.14. The van der Waals surface area contributed by atoms with Gasteiger partial charge in [0.25, 0.3) is 0 Å². The van der Waals surface area contributed by atoms with Gasteiger partial charge in [-0.2, -0.15) is 13.2 Å². The molecule has 1 atom stereocenters. The molecule has 0 spiro atoms. The van der Waals surface area contributed by atoms with Gasteiger partial charge in [-0.25, -0.2) is 0 Å². The van der Waals surface area contributed by atoms with Crippen LogP contribution in [0.4, 0.5) is 13.2 Å². The van der Waals surface area contributed by atoms with Crippen LogP contribution >= 0.6 is 11.3 Å². The maximum Gasteiger partial charge on any atom is 0.471 e. The number of carbonyl (C=O) groups excluding carboxylic acids is 1. The van der Waals surface area contributed by atoms with E-state index in [9.17, 15) is 22.8 Å². The first kappa shape index (κ1) is 13.5. The smallest absolute Gasteiger partial charge is 0.471 e. The molecule has 0 aliphatic rings. The standard InChI is InChI=1S/C9H8F3NO3S/c10-9(11,12)8(16)13-5(4-7(14)15)6-2-1-3-17-6/h1-3,5H,4H2,(H,13,16)(H,14,15)/t5-/m0/s1. The third-order valence-corrected chi connectivity index (χ3v) is 2.81. The molecule has 0 saturated carbocycles. The van der Waals surface area contributed by atoms with Gasteiger partial charge in [0.15, 0.2) is 0 Å². The number of carboxylic acids is 1. The molecule has 0 radical (unpaired) electrons. The number of hydrogen-bond acceptors (Lipinski definition) is 3. The summed E-state index contributed by atoms with van der Waals surface area (Å²) in [5, 5.41) is 11.8. The van der Waals surface area contributed by atoms with E-state index in [1.165, 1.54) is 6.07 Å². The Hall–Kier alpha value is -1.57. The highest BCUT2D eigenvalue weighted by molar-refractivity contribution is 7.10. The summed E-state index contributed by atoms with van der Waals surface area (Å²) in [7, 11) is 0. The molecule has 1 rings (SSSR count). The molecule has 4 nitrogen and oxygen atoms in total. The van der Waals surface area contributed by atoms with E-state index in [-0.39, 0.29) is 0 Å². The molecule has 0 aliphatic heterocycles. The van der Waals surface area contributed by atoms with E-state index in [0.29, 0.717) is 4.88 Å². The predicted molar refractivity (Wildman–Crippen MR) is 53.5 cm³/mol. The molecule has 0 fully saturated rings. The zero-order valence-electron chi connectivity index (χ0n) is 8.32. The first-order valence-corrected chi connectivity index (χ1v) is 5.31. The Labute approximate surface area is 98.1 Å². The van der Waals surface area contributed by atoms with Crippen LogP contribution in [0.25, 0.3) is 0 Å². The van der Waals surface area contributed by atoms with Crippen molar-refractivity contribution in [1.82, 2.24) is 5.32 Å². The molecule has 2 N–H and O–H groups in total. The molecule has 0 aliphatic carbocycles. The molecule has 1 heterocycles. The summed E-state index contributed by atoms with van der Waals surface area (Å²) in [6.45, 7) is 0. The summed E-state index contributed by atoms with van der Waals surface area (Å²) in [4.78, 5) is 21.6. The molecular weight excluding hydrogens is 259 g/mol. The number of nitrogens with one attached hydrogen (secondary N) is 1. The van der Waals surface area contributed by atoms with Gasteiger partial charge in [-0.3, -0.25) is 9.59 Å². The van der Waals surface area contributed by atoms with Crippen LogP contribution in [0.1, 0.15) is 17.3 Å². The van der Waals surface area contributed by atoms with Crippen molar-refractivity contribution in [2.24, 2.45) is 0 Å². The molecule has 1 amide bonds. The summed E-state index contributed by atoms with van der Waals surface area (Å²) in [5.41, 5.74) is 0. The molecule has 94 valence electrons. The first-order valence-electron chi connectivity index (χ1n) is 4.43. The second kappa shape index (κ2) is 5.17. The van der Waals surface area contributed by atoms with Gasteiger partial charge in [0.1, 0.15) is 0 Å². The summed E-state index contributed by atoms with van der Waals surface area (Å²) < 4.78 is 36.1. The quantitative estimate of drug-likeness (QED) is 0.876. The lowest BCUT2D eigenvalue weighted by molar-refractivity contribution is -0.174. The molecule has 8 heteroatoms. The van der Waals surface area contributed by atoms with Crippen LogP contribution in [0.15, 0.2) is 17.5 Å². The van der Waals surface area contributed by atoms with Crippen LogP contribution in [-0.2, 0) is 9.59 Å². The third-order valence-electron chi connectivity index (χ3n) is 1.83. The van der Waals surface area contributed by atoms with E-state index >= 15 is 0 Å². The molecule has 1 aromatic rings. The highest BCUT2D eigenvalue weighted by Gasteiger charge is 2.40. The number of thiophene rings is 1. The van der Waals surface area contributed by atoms with Gasteiger partial charge < -0.3 is 10.4 Å². The number of carbonyl (C=O) groups is 2. The fourth-order valence-electron chi connectivity index (χ4n) is 1.13. The first-order chi connectivity index (χ1) is 7.80. The lowest BCUT2D eigenvalue weighted by atomic mass is 10.1. The van der Waals surface area contributed by atoms with Crippen LogP contribution in [0.3, 0.4) is 0 Å². The number of halogens is 3. The predicted octanol–water partition coefficient (Wildman–Crippen LogP) is 1.94. The van der Waals surface area contributed by atoms with Crippen LogP contribution in [0, 0.1) is 0 Å². The minimum Gasteiger partial charge on any atom is -0.481 e. The Bertz CT molecular complexity index is 402. The van der Waals surface area contributed by atoms with Gasteiger partial charge >= 0.3 is 18.1 Å². The summed E-state index contributed by atoms with van der Waals surface area (Å²) in [6, 6.07) is 1.87. The molecule has 17 heavy (non-hydrogen) atoms. The average molecular weight is 267 g/mol. The Morgan fingerprint density at radius 2 is 2.12 bits per heavy atom. The van der Waals surface area contributed by atoms with Gasteiger partial charge in [-0.1, -0.05) is 6.07 Å². The largest absolute Gasteiger partial charge is 0.481 e. The highest BCUT2D eigenvalue weighted by atomic mass is 32.1. The molecular formula is C9H8F3NO3S. The third kappa shape index (κ3) is 4.06. The van der Waals surface area contributed by atoms with E-state index in [1.54, 1.807) is 16.8 Å². The summed E-state index contributed by atoms with van der Waals surface area (Å²) >= 11 is 1.08. The maximum atomic E-state index is 12.0. The number of amides is 1. The summed E-state index contributed by atoms with van der Waals surface area (Å²) in [5.74, 6) is -3.43. The van der Waals surface area contributed by atoms with Crippen molar-refractivity contribution in [3.63, 3.8) is 0 Å². The molecule has 1 aromatic heterocycles. The lowest BCUT2D eigenvalue weighted by Gasteiger charge is -2.16. The number of hydrogen-bond donors (Lipinski definition) is 2. The van der Waals surface area contributed by atoms with E-state index < -0.39 is 30.5 Å². The minimum atomic E-state index is -5.02. The normalized spacial score (nSPS) is 13.1. The van der Waals surface area contributed by atoms with Crippen molar-refractivity contribution in [1.29, 1.82) is 0 Å². The Balaban J connectivity index is 2.79. The lowest BCUT2D eigenvalue weighted by Crippen LogP contribution is -2.39. The topological polar surface area (TPSA) is 66.4 Å². The van der Waals surface area contributed by atoms with E-state index in [2.05, 4.69) is 0 Å². The van der Waals surface area contributed by atoms with Crippen LogP contribution in [0.2, 0.25) is 0 Å². The monoisotopic (exact) mass is 267 g/mol. The summed E-state index contributed by atoms with van der Waals surface area (Å²) in [6.07, 6.45) is -5.61. The SMILES string of the molecule is O=C(O)C[C@H](NC(=O)C(F)(F)F)c1cccs1. The highest BCUT2D eigenvalue weighted by Crippen LogP contribution is 2.24. The van der Waals surface area contributed by atoms with Crippen LogP contribution in [-0.4, -0.2) is 23.2 Å². The Morgan fingerprint density at radius 1 is 1.47 bits per heavy atom. The number of rotatable bonds is 4. The zero-order chi connectivity index (χ0) is 13.1.